The van der Waals surface area contributed by atoms with E-state index in [0.29, 0.717) is 62.1 Å². The first kappa shape index (κ1) is 26.4. The predicted molar refractivity (Wildman–Crippen MR) is 139 cm³/mol. The summed E-state index contributed by atoms with van der Waals surface area (Å²) in [5, 5.41) is 4.36. The molecule has 1 aromatic heterocycles. The van der Waals surface area contributed by atoms with Gasteiger partial charge < -0.3 is 14.5 Å². The summed E-state index contributed by atoms with van der Waals surface area (Å²) in [5.74, 6) is 0.109. The van der Waals surface area contributed by atoms with Gasteiger partial charge in [0.25, 0.3) is 0 Å². The largest absolute Gasteiger partial charge is 0.481 e. The molecule has 0 bridgehead atoms. The number of anilines is 1. The van der Waals surface area contributed by atoms with Crippen LogP contribution in [0.4, 0.5) is 5.69 Å². The van der Waals surface area contributed by atoms with Gasteiger partial charge in [-0.1, -0.05) is 17.7 Å². The minimum Gasteiger partial charge on any atom is -0.481 e. The Kier molecular flexibility index (Phi) is 7.91. The summed E-state index contributed by atoms with van der Waals surface area (Å²) in [6, 6.07) is 6.83. The lowest BCUT2D eigenvalue weighted by Crippen LogP contribution is -2.51. The monoisotopic (exact) mass is 537 g/mol. The van der Waals surface area contributed by atoms with Crippen LogP contribution in [0.2, 0.25) is 5.02 Å². The average molecular weight is 538 g/mol. The molecular formula is C24H32ClN5O5S. The maximum absolute atomic E-state index is 13.7. The van der Waals surface area contributed by atoms with Gasteiger partial charge in [0, 0.05) is 44.7 Å². The molecule has 36 heavy (non-hydrogen) atoms. The maximum atomic E-state index is 13.7. The van der Waals surface area contributed by atoms with Crippen LogP contribution in [-0.2, 0) is 14.8 Å². The van der Waals surface area contributed by atoms with Crippen LogP contribution in [0.25, 0.3) is 5.69 Å². The summed E-state index contributed by atoms with van der Waals surface area (Å²) in [6.07, 6.45) is 2.73. The molecule has 1 amide bonds. The molecular weight excluding hydrogens is 506 g/mol. The number of piperidine rings is 1. The number of halogens is 1. The molecule has 2 aliphatic heterocycles. The topological polar surface area (TPSA) is 105 Å². The highest BCUT2D eigenvalue weighted by atomic mass is 35.5. The van der Waals surface area contributed by atoms with Crippen LogP contribution in [0.5, 0.6) is 5.75 Å². The van der Waals surface area contributed by atoms with Gasteiger partial charge in [-0.25, -0.2) is 8.42 Å². The second-order valence-electron chi connectivity index (χ2n) is 9.38. The molecule has 2 aromatic rings. The number of nitrogens with zero attached hydrogens (tertiary/aromatic N) is 5. The molecule has 10 nitrogen and oxygen atoms in total. The molecule has 196 valence electrons. The lowest BCUT2D eigenvalue weighted by molar-refractivity contribution is -0.131. The minimum absolute atomic E-state index is 0.0305. The van der Waals surface area contributed by atoms with E-state index < -0.39 is 20.8 Å². The van der Waals surface area contributed by atoms with E-state index in [1.807, 2.05) is 4.90 Å². The van der Waals surface area contributed by atoms with E-state index >= 15 is 0 Å². The van der Waals surface area contributed by atoms with Crippen molar-refractivity contribution >= 4 is 33.2 Å². The summed E-state index contributed by atoms with van der Waals surface area (Å²) in [5.41, 5.74) is 0.581. The van der Waals surface area contributed by atoms with E-state index in [4.69, 9.17) is 16.3 Å². The second kappa shape index (κ2) is 10.8. The first-order chi connectivity index (χ1) is 17.1. The van der Waals surface area contributed by atoms with E-state index in [2.05, 4.69) is 5.10 Å². The number of hydrogen-bond acceptors (Lipinski definition) is 7. The number of amides is 1. The summed E-state index contributed by atoms with van der Waals surface area (Å²) in [6.45, 7) is 7.33. The van der Waals surface area contributed by atoms with Crippen LogP contribution in [0, 0.1) is 0 Å². The zero-order chi connectivity index (χ0) is 26.0. The first-order valence-electron chi connectivity index (χ1n) is 12.1. The zero-order valence-electron chi connectivity index (χ0n) is 20.8. The number of aromatic nitrogens is 2. The van der Waals surface area contributed by atoms with Crippen LogP contribution in [0.1, 0.15) is 33.6 Å². The molecule has 0 spiro atoms. The van der Waals surface area contributed by atoms with E-state index in [9.17, 15) is 18.0 Å². The highest BCUT2D eigenvalue weighted by Gasteiger charge is 2.32. The Morgan fingerprint density at radius 1 is 1.17 bits per heavy atom. The van der Waals surface area contributed by atoms with E-state index in [0.717, 1.165) is 6.42 Å². The minimum atomic E-state index is -3.36. The van der Waals surface area contributed by atoms with Gasteiger partial charge in [-0.15, -0.1) is 0 Å². The van der Waals surface area contributed by atoms with E-state index in [1.54, 1.807) is 49.2 Å². The average Bonchev–Trinajstić information content (AvgIpc) is 2.85. The Balaban J connectivity index is 1.67. The molecule has 4 rings (SSSR count). The number of rotatable bonds is 6. The Morgan fingerprint density at radius 2 is 1.89 bits per heavy atom. The first-order valence-corrected chi connectivity index (χ1v) is 14.0. The number of piperazine rings is 1. The fourth-order valence-electron chi connectivity index (χ4n) is 4.53. The SMILES string of the molecule is CC(=O)N1CCCC(Oc2c(N3CCN(S(=O)(=O)C(C)C)CC3)cnn(-c3cccc(Cl)c3)c2=O)C1. The molecule has 1 aromatic carbocycles. The molecule has 2 saturated heterocycles. The highest BCUT2D eigenvalue weighted by molar-refractivity contribution is 7.89. The molecule has 2 fully saturated rings. The number of carbonyl (C=O) groups is 1. The standard InChI is InChI=1S/C24H32ClN5O5S/c1-17(2)36(33,34)29-12-10-27(11-13-29)22-15-26-30(20-7-4-6-19(25)14-20)24(32)23(22)35-21-8-5-9-28(16-21)18(3)31/h4,6-7,14-15,17,21H,5,8-13,16H2,1-3H3. The highest BCUT2D eigenvalue weighted by Crippen LogP contribution is 2.29. The molecule has 2 aliphatic rings. The number of carbonyl (C=O) groups excluding carboxylic acids is 1. The molecule has 0 saturated carbocycles. The summed E-state index contributed by atoms with van der Waals surface area (Å²) in [4.78, 5) is 29.3. The van der Waals surface area contributed by atoms with Gasteiger partial charge in [-0.3, -0.25) is 9.59 Å². The second-order valence-corrected chi connectivity index (χ2v) is 12.3. The predicted octanol–water partition coefficient (Wildman–Crippen LogP) is 2.14. The Labute approximate surface area is 216 Å². The quantitative estimate of drug-likeness (QED) is 0.556. The van der Waals surface area contributed by atoms with Gasteiger partial charge in [-0.2, -0.15) is 14.1 Å². The fraction of sp³-hybridized carbons (Fsp3) is 0.542. The summed E-state index contributed by atoms with van der Waals surface area (Å²) < 4.78 is 34.2. The number of likely N-dealkylation sites (tertiary alicyclic amines) is 1. The van der Waals surface area contributed by atoms with Crippen LogP contribution in [-0.4, -0.2) is 83.9 Å². The number of benzene rings is 1. The van der Waals surface area contributed by atoms with Gasteiger partial charge in [0.1, 0.15) is 11.8 Å². The molecule has 0 aliphatic carbocycles. The third-order valence-corrected chi connectivity index (χ3v) is 9.12. The van der Waals surface area contributed by atoms with Gasteiger partial charge in [0.15, 0.2) is 0 Å². The van der Waals surface area contributed by atoms with Crippen LogP contribution >= 0.6 is 11.6 Å². The molecule has 0 radical (unpaired) electrons. The normalized spacial score (nSPS) is 19.5. The number of ether oxygens (including phenoxy) is 1. The molecule has 0 N–H and O–H groups in total. The van der Waals surface area contributed by atoms with Crippen molar-refractivity contribution in [3.8, 4) is 11.4 Å². The van der Waals surface area contributed by atoms with Crippen LogP contribution < -0.4 is 15.2 Å². The molecule has 12 heteroatoms. The van der Waals surface area contributed by atoms with Crippen LogP contribution in [0.3, 0.4) is 0 Å². The molecule has 1 atom stereocenters. The van der Waals surface area contributed by atoms with Crippen molar-refractivity contribution in [1.82, 2.24) is 19.0 Å². The lowest BCUT2D eigenvalue weighted by Gasteiger charge is -2.37. The summed E-state index contributed by atoms with van der Waals surface area (Å²) in [7, 11) is -3.36. The van der Waals surface area contributed by atoms with E-state index in [1.165, 1.54) is 15.9 Å². The van der Waals surface area contributed by atoms with Gasteiger partial charge >= 0.3 is 5.56 Å². The van der Waals surface area contributed by atoms with Crippen LogP contribution in [0.15, 0.2) is 35.3 Å². The van der Waals surface area contributed by atoms with Crippen molar-refractivity contribution in [2.24, 2.45) is 0 Å². The van der Waals surface area contributed by atoms with Crippen molar-refractivity contribution in [3.05, 3.63) is 45.8 Å². The molecule has 1 unspecified atom stereocenters. The van der Waals surface area contributed by atoms with Gasteiger partial charge in [-0.05, 0) is 44.9 Å². The maximum Gasteiger partial charge on any atom is 0.316 e. The number of hydrogen-bond donors (Lipinski definition) is 0. The van der Waals surface area contributed by atoms with Gasteiger partial charge in [0.2, 0.25) is 21.7 Å². The van der Waals surface area contributed by atoms with Crippen molar-refractivity contribution in [3.63, 3.8) is 0 Å². The third-order valence-electron chi connectivity index (χ3n) is 6.61. The van der Waals surface area contributed by atoms with Crippen molar-refractivity contribution in [2.75, 3.05) is 44.2 Å². The Hall–Kier alpha value is -2.63. The fourth-order valence-corrected chi connectivity index (χ4v) is 5.98. The third kappa shape index (κ3) is 5.52. The Bertz CT molecular complexity index is 1270. The molecule has 3 heterocycles. The number of sulfonamides is 1. The van der Waals surface area contributed by atoms with Crippen molar-refractivity contribution in [1.29, 1.82) is 0 Å². The lowest BCUT2D eigenvalue weighted by atomic mass is 10.1. The van der Waals surface area contributed by atoms with Crippen molar-refractivity contribution in [2.45, 2.75) is 45.0 Å². The smallest absolute Gasteiger partial charge is 0.316 e. The Morgan fingerprint density at radius 3 is 2.53 bits per heavy atom. The van der Waals surface area contributed by atoms with Crippen molar-refractivity contribution < 1.29 is 17.9 Å². The summed E-state index contributed by atoms with van der Waals surface area (Å²) >= 11 is 6.14. The van der Waals surface area contributed by atoms with Gasteiger partial charge in [0.05, 0.1) is 23.7 Å². The van der Waals surface area contributed by atoms with E-state index in [-0.39, 0.29) is 17.8 Å². The zero-order valence-corrected chi connectivity index (χ0v) is 22.3.